The van der Waals surface area contributed by atoms with Gasteiger partial charge in [-0.05, 0) is 30.3 Å². The largest absolute Gasteiger partial charge is 0.362 e. The Hall–Kier alpha value is -2.28. The summed E-state index contributed by atoms with van der Waals surface area (Å²) in [6, 6.07) is 6.02. The maximum Gasteiger partial charge on any atom is 0.270 e. The smallest absolute Gasteiger partial charge is 0.270 e. The van der Waals surface area contributed by atoms with Gasteiger partial charge in [-0.2, -0.15) is 0 Å². The minimum atomic E-state index is -0.482. The third-order valence-corrected chi connectivity index (χ3v) is 2.81. The Kier molecular flexibility index (Phi) is 7.03. The highest BCUT2D eigenvalue weighted by Gasteiger charge is 2.04. The number of carbonyl (C=O) groups excluding carboxylic acids is 1. The lowest BCUT2D eigenvalue weighted by Gasteiger charge is -2.06. The second-order valence-electron chi connectivity index (χ2n) is 4.28. The Labute approximate surface area is 128 Å². The van der Waals surface area contributed by atoms with E-state index in [0.717, 1.165) is 12.8 Å². The van der Waals surface area contributed by atoms with E-state index in [4.69, 9.17) is 12.2 Å². The summed E-state index contributed by atoms with van der Waals surface area (Å²) in [4.78, 5) is 21.8. The van der Waals surface area contributed by atoms with Crippen LogP contribution in [0.1, 0.15) is 25.3 Å². The molecule has 0 aliphatic heterocycles. The second kappa shape index (κ2) is 8.80. The van der Waals surface area contributed by atoms with Crippen molar-refractivity contribution in [3.8, 4) is 0 Å². The number of non-ortho nitro benzene ring substituents is 1. The average Bonchev–Trinajstić information content (AvgIpc) is 2.45. The van der Waals surface area contributed by atoms with E-state index in [1.807, 2.05) is 0 Å². The molecule has 0 bridgehead atoms. The molecule has 0 fully saturated rings. The number of unbranched alkanes of at least 4 members (excludes halogenated alkanes) is 1. The van der Waals surface area contributed by atoms with Crippen molar-refractivity contribution >= 4 is 35.0 Å². The summed E-state index contributed by atoms with van der Waals surface area (Å²) < 4.78 is 0. The van der Waals surface area contributed by atoms with Crippen LogP contribution in [0.25, 0.3) is 6.08 Å². The van der Waals surface area contributed by atoms with Crippen LogP contribution in [-0.4, -0.2) is 22.5 Å². The highest BCUT2D eigenvalue weighted by Crippen LogP contribution is 2.13. The molecule has 0 aliphatic rings. The molecule has 1 amide bonds. The molecule has 0 spiro atoms. The quantitative estimate of drug-likeness (QED) is 0.277. The molecule has 7 heteroatoms. The van der Waals surface area contributed by atoms with Gasteiger partial charge in [0.25, 0.3) is 5.69 Å². The predicted octanol–water partition coefficient (Wildman–Crippen LogP) is 2.40. The second-order valence-corrected chi connectivity index (χ2v) is 4.69. The Balaban J connectivity index is 2.52. The number of hydrogen-bond acceptors (Lipinski definition) is 4. The van der Waals surface area contributed by atoms with Crippen LogP contribution in [0, 0.1) is 10.1 Å². The third-order valence-electron chi connectivity index (χ3n) is 2.56. The molecular weight excluding hydrogens is 290 g/mol. The molecule has 2 N–H and O–H groups in total. The Morgan fingerprint density at radius 1 is 1.48 bits per heavy atom. The van der Waals surface area contributed by atoms with Gasteiger partial charge in [0.1, 0.15) is 0 Å². The molecule has 0 saturated carbocycles. The van der Waals surface area contributed by atoms with Crippen LogP contribution in [0.4, 0.5) is 5.69 Å². The fourth-order valence-corrected chi connectivity index (χ4v) is 1.69. The number of thiocarbonyl (C=S) groups is 1. The zero-order valence-electron chi connectivity index (χ0n) is 11.7. The van der Waals surface area contributed by atoms with Gasteiger partial charge in [-0.1, -0.05) is 25.5 Å². The zero-order chi connectivity index (χ0) is 15.7. The molecular formula is C14H17N3O3S. The fraction of sp³-hybridized carbons (Fsp3) is 0.286. The van der Waals surface area contributed by atoms with E-state index in [9.17, 15) is 14.9 Å². The van der Waals surface area contributed by atoms with Crippen molar-refractivity contribution in [2.45, 2.75) is 19.8 Å². The van der Waals surface area contributed by atoms with E-state index in [1.165, 1.54) is 24.3 Å². The number of rotatable bonds is 6. The van der Waals surface area contributed by atoms with Crippen molar-refractivity contribution in [1.82, 2.24) is 10.6 Å². The number of nitrogens with one attached hydrogen (secondary N) is 2. The molecule has 1 aromatic carbocycles. The van der Waals surface area contributed by atoms with Crippen LogP contribution < -0.4 is 10.6 Å². The first kappa shape index (κ1) is 16.8. The van der Waals surface area contributed by atoms with Gasteiger partial charge >= 0.3 is 0 Å². The fourth-order valence-electron chi connectivity index (χ4n) is 1.49. The summed E-state index contributed by atoms with van der Waals surface area (Å²) in [5.41, 5.74) is 0.554. The topological polar surface area (TPSA) is 84.3 Å². The summed E-state index contributed by atoms with van der Waals surface area (Å²) in [5.74, 6) is -0.379. The van der Waals surface area contributed by atoms with Gasteiger partial charge < -0.3 is 5.32 Å². The molecule has 0 heterocycles. The molecule has 1 aromatic rings. The van der Waals surface area contributed by atoms with Crippen LogP contribution in [0.15, 0.2) is 30.3 Å². The summed E-state index contributed by atoms with van der Waals surface area (Å²) in [6.45, 7) is 2.77. The molecule has 0 radical (unpaired) electrons. The van der Waals surface area contributed by atoms with Crippen molar-refractivity contribution < 1.29 is 9.72 Å². The zero-order valence-corrected chi connectivity index (χ0v) is 12.5. The molecule has 0 aliphatic carbocycles. The van der Waals surface area contributed by atoms with Crippen molar-refractivity contribution in [3.63, 3.8) is 0 Å². The van der Waals surface area contributed by atoms with Gasteiger partial charge in [-0.25, -0.2) is 0 Å². The molecule has 21 heavy (non-hydrogen) atoms. The first-order chi connectivity index (χ1) is 10.0. The van der Waals surface area contributed by atoms with Crippen molar-refractivity contribution in [2.75, 3.05) is 6.54 Å². The molecule has 1 rings (SSSR count). The van der Waals surface area contributed by atoms with Crippen LogP contribution in [0.3, 0.4) is 0 Å². The number of nitro groups is 1. The van der Waals surface area contributed by atoms with E-state index in [1.54, 1.807) is 12.1 Å². The van der Waals surface area contributed by atoms with Crippen LogP contribution in [0.5, 0.6) is 0 Å². The van der Waals surface area contributed by atoms with Crippen molar-refractivity contribution in [3.05, 3.63) is 46.0 Å². The lowest BCUT2D eigenvalue weighted by atomic mass is 10.2. The highest BCUT2D eigenvalue weighted by atomic mass is 32.1. The molecule has 112 valence electrons. The van der Waals surface area contributed by atoms with Gasteiger partial charge in [0.2, 0.25) is 5.91 Å². The average molecular weight is 307 g/mol. The number of hydrogen-bond donors (Lipinski definition) is 2. The molecule has 0 saturated heterocycles. The van der Waals surface area contributed by atoms with Crippen molar-refractivity contribution in [2.24, 2.45) is 0 Å². The number of benzene rings is 1. The Morgan fingerprint density at radius 2 is 2.24 bits per heavy atom. The van der Waals surface area contributed by atoms with Crippen LogP contribution >= 0.6 is 12.2 Å². The lowest BCUT2D eigenvalue weighted by molar-refractivity contribution is -0.384. The minimum absolute atomic E-state index is 0.0192. The standard InChI is InChI=1S/C14H17N3O3S/c1-2-3-9-15-14(21)16-13(18)8-7-11-5-4-6-12(10-11)17(19)20/h4-8,10H,2-3,9H2,1H3,(H2,15,16,18,21)/b8-7+. The van der Waals surface area contributed by atoms with Gasteiger partial charge in [-0.15, -0.1) is 0 Å². The number of nitrogens with zero attached hydrogens (tertiary/aromatic N) is 1. The van der Waals surface area contributed by atoms with Gasteiger partial charge in [0.05, 0.1) is 4.92 Å². The van der Waals surface area contributed by atoms with E-state index >= 15 is 0 Å². The van der Waals surface area contributed by atoms with Crippen LogP contribution in [0.2, 0.25) is 0 Å². The highest BCUT2D eigenvalue weighted by molar-refractivity contribution is 7.80. The summed E-state index contributed by atoms with van der Waals surface area (Å²) >= 11 is 4.96. The van der Waals surface area contributed by atoms with Gasteiger partial charge in [0, 0.05) is 24.8 Å². The van der Waals surface area contributed by atoms with E-state index in [2.05, 4.69) is 17.6 Å². The van der Waals surface area contributed by atoms with Gasteiger partial charge in [-0.3, -0.25) is 20.2 Å². The first-order valence-corrected chi connectivity index (χ1v) is 6.95. The maximum absolute atomic E-state index is 11.6. The van der Waals surface area contributed by atoms with E-state index in [0.29, 0.717) is 12.1 Å². The number of carbonyl (C=O) groups is 1. The number of nitro benzene ring substituents is 1. The summed E-state index contributed by atoms with van der Waals surface area (Å²) in [7, 11) is 0. The third kappa shape index (κ3) is 6.62. The lowest BCUT2D eigenvalue weighted by Crippen LogP contribution is -2.38. The Morgan fingerprint density at radius 3 is 2.90 bits per heavy atom. The SMILES string of the molecule is CCCCNC(=S)NC(=O)/C=C/c1cccc([N+](=O)[O-])c1. The van der Waals surface area contributed by atoms with Crippen LogP contribution in [-0.2, 0) is 4.79 Å². The molecule has 0 aromatic heterocycles. The summed E-state index contributed by atoms with van der Waals surface area (Å²) in [5, 5.41) is 16.3. The molecule has 0 atom stereocenters. The molecule has 0 unspecified atom stereocenters. The van der Waals surface area contributed by atoms with E-state index < -0.39 is 4.92 Å². The predicted molar refractivity (Wildman–Crippen MR) is 85.8 cm³/mol. The monoisotopic (exact) mass is 307 g/mol. The summed E-state index contributed by atoms with van der Waals surface area (Å²) in [6.07, 6.45) is 4.79. The molecule has 6 nitrogen and oxygen atoms in total. The van der Waals surface area contributed by atoms with E-state index in [-0.39, 0.29) is 16.7 Å². The number of amides is 1. The Bertz CT molecular complexity index is 558. The normalized spacial score (nSPS) is 10.3. The maximum atomic E-state index is 11.6. The van der Waals surface area contributed by atoms with Crippen molar-refractivity contribution in [1.29, 1.82) is 0 Å². The minimum Gasteiger partial charge on any atom is -0.362 e. The van der Waals surface area contributed by atoms with Gasteiger partial charge in [0.15, 0.2) is 5.11 Å². The first-order valence-electron chi connectivity index (χ1n) is 6.54.